The van der Waals surface area contributed by atoms with Gasteiger partial charge in [-0.3, -0.25) is 0 Å². The minimum atomic E-state index is 0.909. The lowest BCUT2D eigenvalue weighted by Crippen LogP contribution is -1.96. The summed E-state index contributed by atoms with van der Waals surface area (Å²) < 4.78 is 7.92. The predicted octanol–water partition coefficient (Wildman–Crippen LogP) is 27.8. The maximum Gasteiger partial charge on any atom is 0.0973 e. The summed E-state index contributed by atoms with van der Waals surface area (Å²) in [7, 11) is 0. The third-order valence-corrected chi connectivity index (χ3v) is 24.4. The maximum absolute atomic E-state index is 5.32. The number of fused-ring (bicyclic) bond motifs is 22. The van der Waals surface area contributed by atoms with Gasteiger partial charge in [0.25, 0.3) is 0 Å². The van der Waals surface area contributed by atoms with Crippen LogP contribution in [0.1, 0.15) is 0 Å². The Hall–Kier alpha value is -13.3. The molecule has 0 bridgehead atoms. The van der Waals surface area contributed by atoms with Crippen LogP contribution in [0.2, 0.25) is 0 Å². The van der Waals surface area contributed by atoms with Crippen molar-refractivity contribution in [3.63, 3.8) is 0 Å². The van der Waals surface area contributed by atoms with Crippen molar-refractivity contribution in [2.24, 2.45) is 0 Å². The number of para-hydroxylation sites is 2. The molecule has 6 heterocycles. The molecular weight excluding hydrogens is 1360 g/mol. The summed E-state index contributed by atoms with van der Waals surface area (Å²) >= 11 is 5.59. The first-order valence-corrected chi connectivity index (χ1v) is 38.3. The minimum Gasteiger partial charge on any atom is -0.244 e. The van der Waals surface area contributed by atoms with E-state index in [-0.39, 0.29) is 0 Å². The standard InChI is InChI=1S/2C34H20N2S.C30H18N2S/c1-2-9-23(10-3-1)31-32(35-29-19-17-21-8-4-5-11-25(21)33(29)36-31)24-15-14-22-16-18-27-26-12-6-7-13-30(26)37-34(27)28(22)20-24;1-2-9-23(10-3-1)31-32(36-33-25-11-5-4-8-21(25)17-19-29(33)35-31)24-15-14-22-16-18-27-26-12-6-7-13-30(26)37-34(27)28(22)20-24;1-2-8-20(9-3-1)28-29(32-26-12-6-5-11-25(26)31-28)21-15-14-19-16-17-23-22-10-4-7-13-27(22)33-30(23)24(19)18-21/h2*1-20H;1-18H. The van der Waals surface area contributed by atoms with Gasteiger partial charge in [-0.15, -0.1) is 34.0 Å². The van der Waals surface area contributed by atoms with Crippen LogP contribution in [0.15, 0.2) is 352 Å². The first-order valence-electron chi connectivity index (χ1n) is 35.9. The van der Waals surface area contributed by atoms with Gasteiger partial charge < -0.3 is 0 Å². The lowest BCUT2D eigenvalue weighted by molar-refractivity contribution is 1.29. The molecule has 6 aromatic heterocycles. The highest BCUT2D eigenvalue weighted by Gasteiger charge is 2.21. The molecule has 0 amide bonds. The fourth-order valence-electron chi connectivity index (χ4n) is 15.5. The van der Waals surface area contributed by atoms with Crippen molar-refractivity contribution in [3.05, 3.63) is 352 Å². The number of rotatable bonds is 6. The van der Waals surface area contributed by atoms with Crippen LogP contribution in [0.5, 0.6) is 0 Å². The van der Waals surface area contributed by atoms with Crippen molar-refractivity contribution < 1.29 is 0 Å². The van der Waals surface area contributed by atoms with E-state index >= 15 is 0 Å². The molecule has 0 radical (unpaired) electrons. The molecule has 0 fully saturated rings. The van der Waals surface area contributed by atoms with Gasteiger partial charge in [0, 0.05) is 121 Å². The van der Waals surface area contributed by atoms with E-state index in [0.717, 1.165) is 111 Å². The molecule has 0 saturated carbocycles. The van der Waals surface area contributed by atoms with Crippen LogP contribution in [-0.2, 0) is 0 Å². The fourth-order valence-corrected chi connectivity index (χ4v) is 19.2. The molecule has 0 aliphatic carbocycles. The molecular formula is C98H58N6S3. The zero-order valence-electron chi connectivity index (χ0n) is 57.4. The van der Waals surface area contributed by atoms with E-state index in [1.165, 1.54) is 104 Å². The van der Waals surface area contributed by atoms with Crippen LogP contribution < -0.4 is 0 Å². The van der Waals surface area contributed by atoms with Gasteiger partial charge in [0.1, 0.15) is 0 Å². The molecule has 0 unspecified atom stereocenters. The molecule has 9 heteroatoms. The molecule has 0 spiro atoms. The predicted molar refractivity (Wildman–Crippen MR) is 457 cm³/mol. The van der Waals surface area contributed by atoms with Crippen molar-refractivity contribution in [1.29, 1.82) is 0 Å². The molecule has 23 aromatic rings. The zero-order valence-corrected chi connectivity index (χ0v) is 59.8. The third-order valence-electron chi connectivity index (χ3n) is 20.7. The fraction of sp³-hybridized carbons (Fsp3) is 0. The minimum absolute atomic E-state index is 0.909. The third kappa shape index (κ3) is 10.9. The number of hydrogen-bond acceptors (Lipinski definition) is 9. The highest BCUT2D eigenvalue weighted by Crippen LogP contribution is 2.46. The second-order valence-electron chi connectivity index (χ2n) is 27.1. The Morgan fingerprint density at radius 3 is 0.794 bits per heavy atom. The molecule has 0 aliphatic heterocycles. The number of aromatic nitrogens is 6. The van der Waals surface area contributed by atoms with E-state index in [1.54, 1.807) is 0 Å². The summed E-state index contributed by atoms with van der Waals surface area (Å²) in [6.07, 6.45) is 0. The molecule has 0 saturated heterocycles. The van der Waals surface area contributed by atoms with Gasteiger partial charge in [0.05, 0.1) is 67.3 Å². The average molecular weight is 1420 g/mol. The van der Waals surface area contributed by atoms with E-state index < -0.39 is 0 Å². The highest BCUT2D eigenvalue weighted by atomic mass is 32.1. The Morgan fingerprint density at radius 1 is 0.159 bits per heavy atom. The Morgan fingerprint density at radius 2 is 0.421 bits per heavy atom. The molecule has 17 aromatic carbocycles. The quantitative estimate of drug-likeness (QED) is 0.154. The van der Waals surface area contributed by atoms with Gasteiger partial charge in [0.2, 0.25) is 0 Å². The van der Waals surface area contributed by atoms with Gasteiger partial charge in [-0.2, -0.15) is 0 Å². The normalized spacial score (nSPS) is 11.7. The van der Waals surface area contributed by atoms with E-state index in [0.29, 0.717) is 0 Å². The van der Waals surface area contributed by atoms with Crippen LogP contribution >= 0.6 is 34.0 Å². The lowest BCUT2D eigenvalue weighted by atomic mass is 9.99. The van der Waals surface area contributed by atoms with Crippen LogP contribution in [0, 0.1) is 0 Å². The molecule has 0 atom stereocenters. The Balaban J connectivity index is 0.000000103. The second kappa shape index (κ2) is 25.8. The first-order chi connectivity index (χ1) is 53.0. The van der Waals surface area contributed by atoms with Crippen molar-refractivity contribution in [3.8, 4) is 67.5 Å². The zero-order chi connectivity index (χ0) is 70.5. The maximum atomic E-state index is 5.32. The summed E-state index contributed by atoms with van der Waals surface area (Å²) in [4.78, 5) is 31.2. The second-order valence-corrected chi connectivity index (χ2v) is 30.2. The molecule has 6 nitrogen and oxygen atoms in total. The summed E-state index contributed by atoms with van der Waals surface area (Å²) in [5.41, 5.74) is 17.5. The summed E-state index contributed by atoms with van der Waals surface area (Å²) in [6.45, 7) is 0. The molecule has 23 rings (SSSR count). The number of nitrogens with zero attached hydrogens (tertiary/aromatic N) is 6. The van der Waals surface area contributed by atoms with Crippen LogP contribution in [0.4, 0.5) is 0 Å². The van der Waals surface area contributed by atoms with Crippen LogP contribution in [-0.4, -0.2) is 29.9 Å². The average Bonchev–Trinajstić information content (AvgIpc) is 1.72. The van der Waals surface area contributed by atoms with Crippen molar-refractivity contribution in [2.45, 2.75) is 0 Å². The molecule has 498 valence electrons. The molecule has 0 aliphatic rings. The van der Waals surface area contributed by atoms with Gasteiger partial charge in [-0.05, 0) is 87.6 Å². The van der Waals surface area contributed by atoms with Gasteiger partial charge in [0.15, 0.2) is 0 Å². The van der Waals surface area contributed by atoms with E-state index in [2.05, 4.69) is 309 Å². The SMILES string of the molecule is c1ccc(-c2nc3c(ccc4ccccc43)nc2-c2ccc3ccc4c5ccccc5sc4c3c2)cc1.c1ccc(-c2nc3ccc4ccccc4c3nc2-c2ccc3ccc4c5ccccc5sc4c3c2)cc1.c1ccc(-c2nc3ccccc3nc2-c2ccc3ccc4c5ccccc5sc4c3c2)cc1. The smallest absolute Gasteiger partial charge is 0.0973 e. The van der Waals surface area contributed by atoms with E-state index in [9.17, 15) is 0 Å². The van der Waals surface area contributed by atoms with Crippen molar-refractivity contribution in [2.75, 3.05) is 0 Å². The highest BCUT2D eigenvalue weighted by molar-refractivity contribution is 7.27. The largest absolute Gasteiger partial charge is 0.244 e. The Labute approximate surface area is 626 Å². The van der Waals surface area contributed by atoms with Crippen LogP contribution in [0.25, 0.3) is 215 Å². The van der Waals surface area contributed by atoms with E-state index in [4.69, 9.17) is 29.9 Å². The monoisotopic (exact) mass is 1410 g/mol. The molecule has 0 N–H and O–H groups in total. The van der Waals surface area contributed by atoms with Crippen LogP contribution in [0.3, 0.4) is 0 Å². The van der Waals surface area contributed by atoms with Crippen molar-refractivity contribution in [1.82, 2.24) is 29.9 Å². The summed E-state index contributed by atoms with van der Waals surface area (Å²) in [5.74, 6) is 0. The summed E-state index contributed by atoms with van der Waals surface area (Å²) in [5, 5.41) is 20.0. The summed E-state index contributed by atoms with van der Waals surface area (Å²) in [6, 6.07) is 124. The van der Waals surface area contributed by atoms with E-state index in [1.807, 2.05) is 76.5 Å². The Bertz CT molecular complexity index is 7520. The topological polar surface area (TPSA) is 77.3 Å². The Kier molecular flexibility index (Phi) is 15.0. The van der Waals surface area contributed by atoms with Gasteiger partial charge in [-0.1, -0.05) is 291 Å². The van der Waals surface area contributed by atoms with Gasteiger partial charge >= 0.3 is 0 Å². The molecule has 107 heavy (non-hydrogen) atoms. The number of benzene rings is 17. The lowest BCUT2D eigenvalue weighted by Gasteiger charge is -2.13. The van der Waals surface area contributed by atoms with Crippen molar-refractivity contribution >= 4 is 181 Å². The number of hydrogen-bond donors (Lipinski definition) is 0. The first kappa shape index (κ1) is 62.3. The van der Waals surface area contributed by atoms with Gasteiger partial charge in [-0.25, -0.2) is 29.9 Å². The number of thiophene rings is 3.